The molecule has 0 aromatic heterocycles. The van der Waals surface area contributed by atoms with Crippen LogP contribution in [0.3, 0.4) is 0 Å². The second-order valence-electron chi connectivity index (χ2n) is 8.96. The molecular weight excluding hydrogens is 458 g/mol. The number of hydrogen-bond acceptors (Lipinski definition) is 6. The first kappa shape index (κ1) is 24.4. The smallest absolute Gasteiger partial charge is 0.243 e. The van der Waals surface area contributed by atoms with Crippen LogP contribution in [0.4, 0.5) is 5.69 Å². The van der Waals surface area contributed by atoms with E-state index in [1.807, 2.05) is 12.2 Å². The van der Waals surface area contributed by atoms with Crippen LogP contribution in [0.15, 0.2) is 35.2 Å². The van der Waals surface area contributed by atoms with Gasteiger partial charge in [0.2, 0.25) is 27.7 Å². The van der Waals surface area contributed by atoms with Gasteiger partial charge in [0.05, 0.1) is 29.5 Å². The minimum atomic E-state index is -3.70. The Kier molecular flexibility index (Phi) is 7.37. The highest BCUT2D eigenvalue weighted by Crippen LogP contribution is 2.35. The number of sulfonamides is 1. The minimum Gasteiger partial charge on any atom is -0.495 e. The second-order valence-corrected chi connectivity index (χ2v) is 10.9. The monoisotopic (exact) mass is 489 g/mol. The number of hydrogen-bond donors (Lipinski definition) is 1. The van der Waals surface area contributed by atoms with Crippen molar-refractivity contribution in [2.24, 2.45) is 11.8 Å². The molecule has 0 spiro atoms. The number of fused-ring (bicyclic) bond motifs is 1. The number of methoxy groups -OCH3 is 1. The number of anilines is 1. The van der Waals surface area contributed by atoms with Crippen LogP contribution in [-0.2, 0) is 24.4 Å². The molecule has 2 fully saturated rings. The fraction of sp³-hybridized carbons (Fsp3) is 0.542. The summed E-state index contributed by atoms with van der Waals surface area (Å²) in [5.74, 6) is -1.22. The Hall–Kier alpha value is -2.72. The predicted molar refractivity (Wildman–Crippen MR) is 126 cm³/mol. The van der Waals surface area contributed by atoms with Crippen molar-refractivity contribution < 1.29 is 27.5 Å². The zero-order valence-electron chi connectivity index (χ0n) is 19.4. The third-order valence-electron chi connectivity index (χ3n) is 6.81. The fourth-order valence-electron chi connectivity index (χ4n) is 4.89. The van der Waals surface area contributed by atoms with Gasteiger partial charge in [0.1, 0.15) is 5.75 Å². The molecule has 0 bridgehead atoms. The predicted octanol–water partition coefficient (Wildman–Crippen LogP) is 2.54. The second kappa shape index (κ2) is 10.3. The van der Waals surface area contributed by atoms with E-state index in [1.54, 1.807) is 0 Å². The zero-order chi connectivity index (χ0) is 24.3. The van der Waals surface area contributed by atoms with Gasteiger partial charge < -0.3 is 10.1 Å². The van der Waals surface area contributed by atoms with Gasteiger partial charge in [-0.25, -0.2) is 8.42 Å². The highest BCUT2D eigenvalue weighted by Gasteiger charge is 2.46. The molecule has 10 heteroatoms. The molecule has 1 aliphatic carbocycles. The maximum atomic E-state index is 13.2. The first-order valence-corrected chi connectivity index (χ1v) is 13.2. The van der Waals surface area contributed by atoms with E-state index in [4.69, 9.17) is 4.74 Å². The molecule has 9 nitrogen and oxygen atoms in total. The van der Waals surface area contributed by atoms with Crippen LogP contribution < -0.4 is 10.1 Å². The molecule has 2 saturated heterocycles. The number of carbonyl (C=O) groups excluding carboxylic acids is 3. The average molecular weight is 490 g/mol. The van der Waals surface area contributed by atoms with Crippen molar-refractivity contribution in [3.63, 3.8) is 0 Å². The molecule has 2 atom stereocenters. The number of carbonyl (C=O) groups is 3. The van der Waals surface area contributed by atoms with E-state index < -0.39 is 15.9 Å². The number of imide groups is 1. The lowest BCUT2D eigenvalue weighted by Gasteiger charge is -2.21. The summed E-state index contributed by atoms with van der Waals surface area (Å²) in [4.78, 5) is 39.2. The largest absolute Gasteiger partial charge is 0.495 e. The fourth-order valence-corrected chi connectivity index (χ4v) is 6.44. The summed E-state index contributed by atoms with van der Waals surface area (Å²) in [6, 6.07) is 4.40. The number of ether oxygens (including phenoxy) is 1. The van der Waals surface area contributed by atoms with Crippen molar-refractivity contribution in [2.45, 2.75) is 49.8 Å². The molecule has 0 saturated carbocycles. The molecule has 1 aromatic rings. The summed E-state index contributed by atoms with van der Waals surface area (Å²) in [5, 5.41) is 2.70. The summed E-state index contributed by atoms with van der Waals surface area (Å²) in [6.45, 7) is 0.946. The highest BCUT2D eigenvalue weighted by molar-refractivity contribution is 7.89. The standard InChI is InChI=1S/C24H31N3O6S/c1-33-21-11-10-17(34(31,32)26-13-6-2-3-7-14-26)16-20(21)25-22(28)12-15-27-23(29)18-8-4-5-9-19(18)24(27)30/h4-5,10-11,16,18-19H,2-3,6-9,12-15H2,1H3,(H,25,28)/t18-,19+. The Morgan fingerprint density at radius 2 is 1.65 bits per heavy atom. The Morgan fingerprint density at radius 3 is 2.24 bits per heavy atom. The zero-order valence-corrected chi connectivity index (χ0v) is 20.2. The van der Waals surface area contributed by atoms with Crippen LogP contribution in [0, 0.1) is 11.8 Å². The van der Waals surface area contributed by atoms with E-state index in [0.29, 0.717) is 31.7 Å². The van der Waals surface area contributed by atoms with E-state index in [2.05, 4.69) is 5.32 Å². The van der Waals surface area contributed by atoms with Gasteiger partial charge in [-0.2, -0.15) is 4.31 Å². The van der Waals surface area contributed by atoms with Crippen molar-refractivity contribution in [3.05, 3.63) is 30.4 Å². The number of nitrogens with one attached hydrogen (secondary N) is 1. The van der Waals surface area contributed by atoms with Crippen LogP contribution in [0.2, 0.25) is 0 Å². The molecule has 0 unspecified atom stereocenters. The van der Waals surface area contributed by atoms with Crippen molar-refractivity contribution in [3.8, 4) is 5.75 Å². The van der Waals surface area contributed by atoms with Gasteiger partial charge >= 0.3 is 0 Å². The molecule has 2 heterocycles. The molecule has 3 amide bonds. The number of nitrogens with zero attached hydrogens (tertiary/aromatic N) is 2. The topological polar surface area (TPSA) is 113 Å². The van der Waals surface area contributed by atoms with Crippen LogP contribution in [0.1, 0.15) is 44.9 Å². The molecule has 4 rings (SSSR count). The first-order chi connectivity index (χ1) is 16.3. The lowest BCUT2D eigenvalue weighted by atomic mass is 9.85. The molecule has 34 heavy (non-hydrogen) atoms. The van der Waals surface area contributed by atoms with Crippen molar-refractivity contribution in [1.29, 1.82) is 0 Å². The van der Waals surface area contributed by atoms with Crippen LogP contribution in [0.5, 0.6) is 5.75 Å². The minimum absolute atomic E-state index is 0.00934. The summed E-state index contributed by atoms with van der Waals surface area (Å²) >= 11 is 0. The Labute approximate surface area is 200 Å². The maximum absolute atomic E-state index is 13.2. The number of benzene rings is 1. The lowest BCUT2D eigenvalue weighted by molar-refractivity contribution is -0.140. The van der Waals surface area contributed by atoms with Gasteiger partial charge in [-0.15, -0.1) is 0 Å². The van der Waals surface area contributed by atoms with Gasteiger partial charge in [0, 0.05) is 26.1 Å². The molecule has 3 aliphatic rings. The SMILES string of the molecule is COc1ccc(S(=O)(=O)N2CCCCCC2)cc1NC(=O)CCN1C(=O)[C@H]2CC=CC[C@H]2C1=O. The van der Waals surface area contributed by atoms with Gasteiger partial charge in [0.25, 0.3) is 0 Å². The Bertz CT molecular complexity index is 1070. The van der Waals surface area contributed by atoms with Crippen molar-refractivity contribution >= 4 is 33.4 Å². The number of amides is 3. The molecule has 184 valence electrons. The molecule has 0 radical (unpaired) electrons. The third-order valence-corrected chi connectivity index (χ3v) is 8.70. The highest BCUT2D eigenvalue weighted by atomic mass is 32.2. The van der Waals surface area contributed by atoms with Crippen LogP contribution in [0.25, 0.3) is 0 Å². The number of allylic oxidation sites excluding steroid dienone is 2. The summed E-state index contributed by atoms with van der Waals surface area (Å²) in [6.07, 6.45) is 8.52. The summed E-state index contributed by atoms with van der Waals surface area (Å²) in [7, 11) is -2.26. The van der Waals surface area contributed by atoms with E-state index in [0.717, 1.165) is 25.7 Å². The van der Waals surface area contributed by atoms with E-state index in [1.165, 1.54) is 34.5 Å². The van der Waals surface area contributed by atoms with Gasteiger partial charge in [-0.1, -0.05) is 25.0 Å². The Morgan fingerprint density at radius 1 is 1.03 bits per heavy atom. The first-order valence-electron chi connectivity index (χ1n) is 11.8. The van der Waals surface area contributed by atoms with Gasteiger partial charge in [-0.05, 0) is 43.9 Å². The van der Waals surface area contributed by atoms with Crippen molar-refractivity contribution in [2.75, 3.05) is 32.1 Å². The van der Waals surface area contributed by atoms with E-state index in [9.17, 15) is 22.8 Å². The average Bonchev–Trinajstić information content (AvgIpc) is 3.01. The Balaban J connectivity index is 1.44. The van der Waals surface area contributed by atoms with Gasteiger partial charge in [-0.3, -0.25) is 19.3 Å². The van der Waals surface area contributed by atoms with E-state index in [-0.39, 0.29) is 47.2 Å². The van der Waals surface area contributed by atoms with Gasteiger partial charge in [0.15, 0.2) is 0 Å². The molecular formula is C24H31N3O6S. The van der Waals surface area contributed by atoms with E-state index >= 15 is 0 Å². The summed E-state index contributed by atoms with van der Waals surface area (Å²) < 4.78 is 33.1. The molecule has 1 N–H and O–H groups in total. The summed E-state index contributed by atoms with van der Waals surface area (Å²) in [5.41, 5.74) is 0.236. The molecule has 2 aliphatic heterocycles. The van der Waals surface area contributed by atoms with Crippen LogP contribution >= 0.6 is 0 Å². The quantitative estimate of drug-likeness (QED) is 0.465. The normalized spacial score (nSPS) is 23.5. The van der Waals surface area contributed by atoms with Crippen LogP contribution in [-0.4, -0.2) is 62.1 Å². The number of likely N-dealkylation sites (tertiary alicyclic amines) is 1. The maximum Gasteiger partial charge on any atom is 0.243 e. The number of rotatable bonds is 7. The lowest BCUT2D eigenvalue weighted by Crippen LogP contribution is -2.34. The third kappa shape index (κ3) is 4.88. The van der Waals surface area contributed by atoms with Crippen molar-refractivity contribution in [1.82, 2.24) is 9.21 Å². The molecule has 1 aromatic carbocycles.